The lowest BCUT2D eigenvalue weighted by atomic mass is 10.2. The summed E-state index contributed by atoms with van der Waals surface area (Å²) in [6.45, 7) is 7.23. The van der Waals surface area contributed by atoms with Crippen LogP contribution in [0.2, 0.25) is 0 Å². The summed E-state index contributed by atoms with van der Waals surface area (Å²) in [5.41, 5.74) is 2.44. The molecule has 0 saturated heterocycles. The third kappa shape index (κ3) is 4.85. The molecule has 1 aromatic carbocycles. The highest BCUT2D eigenvalue weighted by Crippen LogP contribution is 2.03. The topological polar surface area (TPSA) is 17.8 Å². The third-order valence-corrected chi connectivity index (χ3v) is 2.25. The monoisotopic (exact) mass is 230 g/mol. The van der Waals surface area contributed by atoms with E-state index in [1.807, 2.05) is 16.9 Å². The first kappa shape index (κ1) is 13.5. The second-order valence-corrected chi connectivity index (χ2v) is 4.05. The van der Waals surface area contributed by atoms with E-state index >= 15 is 0 Å². The van der Waals surface area contributed by atoms with Crippen molar-refractivity contribution in [2.45, 2.75) is 40.2 Å². The van der Waals surface area contributed by atoms with Gasteiger partial charge in [-0.3, -0.25) is 4.68 Å². The van der Waals surface area contributed by atoms with E-state index < -0.39 is 0 Å². The molecular formula is C15H22N2. The van der Waals surface area contributed by atoms with E-state index in [1.54, 1.807) is 0 Å². The minimum absolute atomic E-state index is 0.862. The van der Waals surface area contributed by atoms with E-state index in [4.69, 9.17) is 0 Å². The number of benzene rings is 1. The molecule has 1 heterocycles. The van der Waals surface area contributed by atoms with Gasteiger partial charge in [-0.25, -0.2) is 0 Å². The van der Waals surface area contributed by atoms with E-state index in [1.165, 1.54) is 12.0 Å². The average Bonchev–Trinajstić information content (AvgIpc) is 2.79. The Bertz CT molecular complexity index is 404. The van der Waals surface area contributed by atoms with Crippen LogP contribution in [-0.4, -0.2) is 9.78 Å². The molecule has 0 saturated carbocycles. The number of aryl methyl sites for hydroxylation is 1. The number of nitrogens with zero attached hydrogens (tertiary/aromatic N) is 2. The van der Waals surface area contributed by atoms with Crippen LogP contribution in [0.3, 0.4) is 0 Å². The first-order valence-corrected chi connectivity index (χ1v) is 6.36. The summed E-state index contributed by atoms with van der Waals surface area (Å²) >= 11 is 0. The van der Waals surface area contributed by atoms with Gasteiger partial charge in [0.05, 0.1) is 12.2 Å². The summed E-state index contributed by atoms with van der Waals surface area (Å²) in [4.78, 5) is 0. The van der Waals surface area contributed by atoms with E-state index in [9.17, 15) is 0 Å². The Kier molecular flexibility index (Phi) is 6.08. The molecule has 0 amide bonds. The highest BCUT2D eigenvalue weighted by Gasteiger charge is 1.96. The van der Waals surface area contributed by atoms with E-state index in [0.29, 0.717) is 0 Å². The van der Waals surface area contributed by atoms with E-state index in [0.717, 1.165) is 18.7 Å². The van der Waals surface area contributed by atoms with E-state index in [-0.39, 0.29) is 0 Å². The van der Waals surface area contributed by atoms with Crippen molar-refractivity contribution in [3.63, 3.8) is 0 Å². The van der Waals surface area contributed by atoms with Gasteiger partial charge in [0.1, 0.15) is 0 Å². The molecule has 92 valence electrons. The van der Waals surface area contributed by atoms with Crippen molar-refractivity contribution in [3.8, 4) is 0 Å². The first-order valence-electron chi connectivity index (χ1n) is 6.36. The predicted molar refractivity (Wildman–Crippen MR) is 73.1 cm³/mol. The van der Waals surface area contributed by atoms with Crippen molar-refractivity contribution in [3.05, 3.63) is 53.9 Å². The zero-order chi connectivity index (χ0) is 12.5. The number of aromatic nitrogens is 2. The molecule has 0 aliphatic rings. The van der Waals surface area contributed by atoms with Crippen molar-refractivity contribution < 1.29 is 0 Å². The first-order chi connectivity index (χ1) is 8.30. The second kappa shape index (κ2) is 7.66. The van der Waals surface area contributed by atoms with Gasteiger partial charge in [0.2, 0.25) is 0 Å². The van der Waals surface area contributed by atoms with Gasteiger partial charge in [-0.05, 0) is 18.1 Å². The average molecular weight is 230 g/mol. The smallest absolute Gasteiger partial charge is 0.0659 e. The molecule has 0 aliphatic carbocycles. The quantitative estimate of drug-likeness (QED) is 0.781. The zero-order valence-corrected chi connectivity index (χ0v) is 11.1. The molecule has 2 heteroatoms. The van der Waals surface area contributed by atoms with Crippen molar-refractivity contribution >= 4 is 0 Å². The maximum absolute atomic E-state index is 4.44. The lowest BCUT2D eigenvalue weighted by molar-refractivity contribution is 0.673. The van der Waals surface area contributed by atoms with Crippen LogP contribution in [0.4, 0.5) is 0 Å². The molecule has 0 N–H and O–H groups in total. The molecule has 0 aliphatic heterocycles. The minimum atomic E-state index is 0.862. The molecule has 1 aromatic heterocycles. The molecule has 17 heavy (non-hydrogen) atoms. The van der Waals surface area contributed by atoms with Crippen LogP contribution in [0.5, 0.6) is 0 Å². The zero-order valence-electron chi connectivity index (χ0n) is 11.1. The van der Waals surface area contributed by atoms with E-state index in [2.05, 4.69) is 56.2 Å². The van der Waals surface area contributed by atoms with Crippen LogP contribution < -0.4 is 0 Å². The van der Waals surface area contributed by atoms with Crippen molar-refractivity contribution in [1.29, 1.82) is 0 Å². The Morgan fingerprint density at radius 3 is 2.18 bits per heavy atom. The lowest BCUT2D eigenvalue weighted by Crippen LogP contribution is -2.00. The largest absolute Gasteiger partial charge is 0.268 e. The van der Waals surface area contributed by atoms with Gasteiger partial charge in [0, 0.05) is 6.20 Å². The second-order valence-electron chi connectivity index (χ2n) is 4.05. The number of hydrogen-bond acceptors (Lipinski definition) is 1. The SMILES string of the molecule is CCC.CCc1ccn(Cc2ccccc2)n1. The summed E-state index contributed by atoms with van der Waals surface area (Å²) in [5.74, 6) is 0. The molecule has 0 atom stereocenters. The minimum Gasteiger partial charge on any atom is -0.268 e. The van der Waals surface area contributed by atoms with Crippen LogP contribution in [-0.2, 0) is 13.0 Å². The maximum atomic E-state index is 4.44. The van der Waals surface area contributed by atoms with Gasteiger partial charge in [-0.15, -0.1) is 0 Å². The highest BCUT2D eigenvalue weighted by atomic mass is 15.3. The standard InChI is InChI=1S/C12H14N2.C3H8/c1-2-12-8-9-14(13-12)10-11-6-4-3-5-7-11;1-3-2/h3-9H,2,10H2,1H3;3H2,1-2H3. The molecule has 0 bridgehead atoms. The molecule has 0 fully saturated rings. The van der Waals surface area contributed by atoms with Gasteiger partial charge >= 0.3 is 0 Å². The summed E-state index contributed by atoms with van der Waals surface area (Å²) in [5, 5.41) is 4.44. The summed E-state index contributed by atoms with van der Waals surface area (Å²) in [6.07, 6.45) is 4.29. The molecule has 0 radical (unpaired) electrons. The van der Waals surface area contributed by atoms with Crippen LogP contribution in [0, 0.1) is 0 Å². The predicted octanol–water partition coefficient (Wildman–Crippen LogP) is 3.91. The summed E-state index contributed by atoms with van der Waals surface area (Å²) in [7, 11) is 0. The molecule has 2 nitrogen and oxygen atoms in total. The van der Waals surface area contributed by atoms with Crippen molar-refractivity contribution in [1.82, 2.24) is 9.78 Å². The van der Waals surface area contributed by atoms with Crippen LogP contribution in [0.25, 0.3) is 0 Å². The van der Waals surface area contributed by atoms with Gasteiger partial charge in [0.15, 0.2) is 0 Å². The number of rotatable bonds is 3. The Morgan fingerprint density at radius 1 is 1.00 bits per heavy atom. The number of hydrogen-bond donors (Lipinski definition) is 0. The maximum Gasteiger partial charge on any atom is 0.0659 e. The fourth-order valence-electron chi connectivity index (χ4n) is 1.45. The van der Waals surface area contributed by atoms with Gasteiger partial charge in [0.25, 0.3) is 0 Å². The Morgan fingerprint density at radius 2 is 1.65 bits per heavy atom. The Labute approximate surface area is 104 Å². The molecule has 0 spiro atoms. The highest BCUT2D eigenvalue weighted by molar-refractivity contribution is 5.15. The normalized spacial score (nSPS) is 9.59. The lowest BCUT2D eigenvalue weighted by Gasteiger charge is -2.00. The van der Waals surface area contributed by atoms with Crippen molar-refractivity contribution in [2.24, 2.45) is 0 Å². The Balaban J connectivity index is 0.000000437. The molecule has 2 rings (SSSR count). The molecule has 0 unspecified atom stereocenters. The fraction of sp³-hybridized carbons (Fsp3) is 0.400. The molecule has 2 aromatic rings. The van der Waals surface area contributed by atoms with Crippen molar-refractivity contribution in [2.75, 3.05) is 0 Å². The summed E-state index contributed by atoms with van der Waals surface area (Å²) in [6, 6.07) is 12.5. The van der Waals surface area contributed by atoms with Crippen LogP contribution in [0.1, 0.15) is 38.4 Å². The van der Waals surface area contributed by atoms with Gasteiger partial charge in [-0.1, -0.05) is 57.5 Å². The van der Waals surface area contributed by atoms with Gasteiger partial charge < -0.3 is 0 Å². The van der Waals surface area contributed by atoms with Crippen LogP contribution in [0.15, 0.2) is 42.6 Å². The third-order valence-electron chi connectivity index (χ3n) is 2.25. The fourth-order valence-corrected chi connectivity index (χ4v) is 1.45. The van der Waals surface area contributed by atoms with Crippen LogP contribution >= 0.6 is 0 Å². The summed E-state index contributed by atoms with van der Waals surface area (Å²) < 4.78 is 1.98. The Hall–Kier alpha value is -1.57. The van der Waals surface area contributed by atoms with Gasteiger partial charge in [-0.2, -0.15) is 5.10 Å². The molecular weight excluding hydrogens is 208 g/mol.